The molecule has 0 radical (unpaired) electrons. The van der Waals surface area contributed by atoms with Crippen LogP contribution in [-0.2, 0) is 23.7 Å². The van der Waals surface area contributed by atoms with E-state index < -0.39 is 97.2 Å². The Bertz CT molecular complexity index is 987. The summed E-state index contributed by atoms with van der Waals surface area (Å²) in [7, 11) is 0. The molecule has 0 saturated carbocycles. The number of esters is 3. The van der Waals surface area contributed by atoms with Crippen molar-refractivity contribution in [3.05, 3.63) is 46.4 Å². The molecule has 0 spiro atoms. The smallest absolute Gasteiger partial charge is 0.378 e. The lowest BCUT2D eigenvalue weighted by atomic mass is 9.95. The van der Waals surface area contributed by atoms with Crippen LogP contribution < -0.4 is 0 Å². The molecule has 1 saturated heterocycles. The molecule has 0 aromatic heterocycles. The summed E-state index contributed by atoms with van der Waals surface area (Å²) in [6.45, 7) is -1.64. The van der Waals surface area contributed by atoms with Crippen LogP contribution in [0.3, 0.4) is 0 Å². The maximum absolute atomic E-state index is 12.8. The normalized spacial score (nSPS) is 29.0. The summed E-state index contributed by atoms with van der Waals surface area (Å²) in [4.78, 5) is 37.0. The molecule has 2 heterocycles. The zero-order chi connectivity index (χ0) is 25.2. The van der Waals surface area contributed by atoms with Crippen LogP contribution in [0.25, 0.3) is 0 Å². The lowest BCUT2D eigenvalue weighted by Crippen LogP contribution is -2.58. The Morgan fingerprint density at radius 1 is 0.941 bits per heavy atom. The number of aliphatic hydroxyl groups excluding tert-OH is 7. The molecule has 1 fully saturated rings. The Morgan fingerprint density at radius 3 is 2.12 bits per heavy atom. The minimum absolute atomic E-state index is 0.357. The Morgan fingerprint density at radius 2 is 1.56 bits per heavy atom. The molecule has 14 nitrogen and oxygen atoms in total. The van der Waals surface area contributed by atoms with Crippen molar-refractivity contribution in [2.75, 3.05) is 19.8 Å². The van der Waals surface area contributed by atoms with E-state index >= 15 is 0 Å². The third-order valence-corrected chi connectivity index (χ3v) is 5.11. The average molecular weight is 486 g/mol. The summed E-state index contributed by atoms with van der Waals surface area (Å²) in [6.07, 6.45) is -10.4. The van der Waals surface area contributed by atoms with E-state index in [-0.39, 0.29) is 5.56 Å². The van der Waals surface area contributed by atoms with E-state index in [1.807, 2.05) is 0 Å². The van der Waals surface area contributed by atoms with Gasteiger partial charge in [-0.15, -0.1) is 0 Å². The van der Waals surface area contributed by atoms with Crippen LogP contribution in [0.4, 0.5) is 0 Å². The van der Waals surface area contributed by atoms with Crippen LogP contribution >= 0.6 is 0 Å². The predicted molar refractivity (Wildman–Crippen MR) is 104 cm³/mol. The van der Waals surface area contributed by atoms with E-state index in [1.165, 1.54) is 12.1 Å². The van der Waals surface area contributed by atoms with Gasteiger partial charge in [0.25, 0.3) is 0 Å². The van der Waals surface area contributed by atoms with Gasteiger partial charge in [-0.1, -0.05) is 6.07 Å². The molecule has 1 aromatic carbocycles. The lowest BCUT2D eigenvalue weighted by molar-refractivity contribution is -0.286. The van der Waals surface area contributed by atoms with E-state index in [4.69, 9.17) is 24.1 Å². The van der Waals surface area contributed by atoms with Crippen LogP contribution in [0.15, 0.2) is 29.7 Å². The second-order valence-electron chi connectivity index (χ2n) is 7.28. The molecule has 2 aliphatic heterocycles. The Hall–Kier alpha value is -3.27. The number of hydrogen-bond acceptors (Lipinski definition) is 14. The molecular formula is C20H22O14. The summed E-state index contributed by atoms with van der Waals surface area (Å²) in [5, 5.41) is 67.5. The molecule has 14 heteroatoms. The largest absolute Gasteiger partial charge is 0.505 e. The minimum Gasteiger partial charge on any atom is -0.505 e. The second-order valence-corrected chi connectivity index (χ2v) is 7.28. The third-order valence-electron chi connectivity index (χ3n) is 5.11. The average Bonchev–Trinajstić information content (AvgIpc) is 3.08. The molecule has 3 rings (SSSR count). The van der Waals surface area contributed by atoms with Crippen molar-refractivity contribution in [2.24, 2.45) is 0 Å². The van der Waals surface area contributed by atoms with E-state index in [1.54, 1.807) is 0 Å². The van der Waals surface area contributed by atoms with E-state index in [9.17, 15) is 45.0 Å². The first-order chi connectivity index (χ1) is 16.1. The van der Waals surface area contributed by atoms with Gasteiger partial charge in [-0.25, -0.2) is 14.4 Å². The molecule has 6 atom stereocenters. The fourth-order valence-electron chi connectivity index (χ4n) is 3.37. The molecule has 1 aromatic rings. The molecular weight excluding hydrogens is 464 g/mol. The highest BCUT2D eigenvalue weighted by Crippen LogP contribution is 2.37. The van der Waals surface area contributed by atoms with Crippen LogP contribution in [0.5, 0.6) is 0 Å². The molecule has 7 N–H and O–H groups in total. The number of aliphatic hydroxyl groups is 7. The third kappa shape index (κ3) is 4.82. The maximum atomic E-state index is 12.8. The topological polar surface area (TPSA) is 230 Å². The quantitative estimate of drug-likeness (QED) is 0.159. The maximum Gasteiger partial charge on any atom is 0.378 e. The Kier molecular flexibility index (Phi) is 7.71. The van der Waals surface area contributed by atoms with E-state index in [2.05, 4.69) is 0 Å². The van der Waals surface area contributed by atoms with E-state index in [0.29, 0.717) is 0 Å². The molecule has 0 amide bonds. The zero-order valence-electron chi connectivity index (χ0n) is 17.3. The van der Waals surface area contributed by atoms with Gasteiger partial charge < -0.3 is 54.7 Å². The standard InChI is InChI=1S/C20H22O14/c21-4-5-31-17(27)7-2-1-3-8(10(7)16-13(24)15(26)20(30)34-16)18(28)32-6-9-11(22)12(23)14(25)19(29)33-9/h1-3,9,11-12,14,16,19,21-26,29H,4-6H2/t9-,11-,12+,14-,16?,19+/m1/s1. The van der Waals surface area contributed by atoms with Gasteiger partial charge in [-0.3, -0.25) is 0 Å². The second kappa shape index (κ2) is 10.3. The highest BCUT2D eigenvalue weighted by molar-refractivity contribution is 5.99. The van der Waals surface area contributed by atoms with Crippen molar-refractivity contribution in [3.8, 4) is 0 Å². The zero-order valence-corrected chi connectivity index (χ0v) is 17.3. The Labute approximate surface area is 190 Å². The van der Waals surface area contributed by atoms with Crippen molar-refractivity contribution in [1.82, 2.24) is 0 Å². The van der Waals surface area contributed by atoms with Gasteiger partial charge in [0.2, 0.25) is 5.76 Å². The molecule has 0 aliphatic carbocycles. The number of hydrogen-bond donors (Lipinski definition) is 7. The number of rotatable bonds is 7. The van der Waals surface area contributed by atoms with Crippen molar-refractivity contribution >= 4 is 17.9 Å². The summed E-state index contributed by atoms with van der Waals surface area (Å²) in [6, 6.07) is 3.55. The highest BCUT2D eigenvalue weighted by atomic mass is 16.7. The minimum atomic E-state index is -1.87. The van der Waals surface area contributed by atoms with Crippen LogP contribution in [0.1, 0.15) is 32.4 Å². The van der Waals surface area contributed by atoms with Crippen LogP contribution in [-0.4, -0.2) is 104 Å². The summed E-state index contributed by atoms with van der Waals surface area (Å²) in [5.74, 6) is -5.66. The summed E-state index contributed by atoms with van der Waals surface area (Å²) >= 11 is 0. The van der Waals surface area contributed by atoms with Gasteiger partial charge in [-0.05, 0) is 12.1 Å². The van der Waals surface area contributed by atoms with Crippen molar-refractivity contribution in [3.63, 3.8) is 0 Å². The summed E-state index contributed by atoms with van der Waals surface area (Å²) in [5.41, 5.74) is -1.17. The molecule has 2 aliphatic rings. The molecule has 0 bridgehead atoms. The fraction of sp³-hybridized carbons (Fsp3) is 0.450. The Balaban J connectivity index is 1.90. The molecule has 186 valence electrons. The fourth-order valence-corrected chi connectivity index (χ4v) is 3.37. The first-order valence-electron chi connectivity index (χ1n) is 9.87. The van der Waals surface area contributed by atoms with Gasteiger partial charge in [0.15, 0.2) is 18.2 Å². The van der Waals surface area contributed by atoms with E-state index in [0.717, 1.165) is 6.07 Å². The van der Waals surface area contributed by atoms with Crippen molar-refractivity contribution in [1.29, 1.82) is 0 Å². The lowest BCUT2D eigenvalue weighted by Gasteiger charge is -2.37. The van der Waals surface area contributed by atoms with Gasteiger partial charge in [0.1, 0.15) is 37.6 Å². The van der Waals surface area contributed by atoms with Crippen LogP contribution in [0, 0.1) is 0 Å². The summed E-state index contributed by atoms with van der Waals surface area (Å²) < 4.78 is 19.7. The predicted octanol–water partition coefficient (Wildman–Crippen LogP) is -2.28. The number of cyclic esters (lactones) is 1. The number of ether oxygens (including phenoxy) is 4. The van der Waals surface area contributed by atoms with Crippen molar-refractivity contribution in [2.45, 2.75) is 36.8 Å². The van der Waals surface area contributed by atoms with Gasteiger partial charge in [0, 0.05) is 5.56 Å². The van der Waals surface area contributed by atoms with Crippen LogP contribution in [0.2, 0.25) is 0 Å². The highest BCUT2D eigenvalue weighted by Gasteiger charge is 2.44. The SMILES string of the molecule is O=C1OC(c2c(C(=O)OCCO)cccc2C(=O)OC[C@H]2O[C@H](O)[C@H](O)[C@@H](O)[C@@H]2O)C(O)=C1O. The van der Waals surface area contributed by atoms with Gasteiger partial charge in [-0.2, -0.15) is 0 Å². The number of carbonyl (C=O) groups excluding carboxylic acids is 3. The monoisotopic (exact) mass is 486 g/mol. The van der Waals surface area contributed by atoms with Crippen molar-refractivity contribution < 1.29 is 69.1 Å². The first-order valence-corrected chi connectivity index (χ1v) is 9.87. The molecule has 34 heavy (non-hydrogen) atoms. The number of benzene rings is 1. The van der Waals surface area contributed by atoms with Gasteiger partial charge in [0.05, 0.1) is 17.7 Å². The van der Waals surface area contributed by atoms with Gasteiger partial charge >= 0.3 is 17.9 Å². The first kappa shape index (κ1) is 25.4. The number of carbonyl (C=O) groups is 3. The molecule has 1 unspecified atom stereocenters.